The predicted octanol–water partition coefficient (Wildman–Crippen LogP) is 3.06. The molecule has 0 aliphatic carbocycles. The monoisotopic (exact) mass is 310 g/mol. The van der Waals surface area contributed by atoms with Gasteiger partial charge in [0.05, 0.1) is 24.0 Å². The van der Waals surface area contributed by atoms with Gasteiger partial charge in [-0.3, -0.25) is 0 Å². The number of halogens is 1. The highest BCUT2D eigenvalue weighted by atomic mass is 79.9. The first-order valence-electron chi connectivity index (χ1n) is 5.24. The Hall–Kier alpha value is -1.82. The average Bonchev–Trinajstić information content (AvgIpc) is 2.72. The van der Waals surface area contributed by atoms with Crippen molar-refractivity contribution in [3.8, 4) is 0 Å². The number of aryl methyl sites for hydroxylation is 1. The van der Waals surface area contributed by atoms with Crippen LogP contribution in [-0.2, 0) is 6.54 Å². The smallest absolute Gasteiger partial charge is 0.337 e. The minimum absolute atomic E-state index is 0.210. The van der Waals surface area contributed by atoms with E-state index in [0.29, 0.717) is 18.1 Å². The molecular weight excluding hydrogens is 300 g/mol. The molecule has 2 rings (SSSR count). The van der Waals surface area contributed by atoms with Crippen molar-refractivity contribution in [2.75, 3.05) is 5.32 Å². The van der Waals surface area contributed by atoms with Gasteiger partial charge < -0.3 is 14.8 Å². The van der Waals surface area contributed by atoms with Crippen molar-refractivity contribution in [1.82, 2.24) is 4.98 Å². The molecule has 2 N–H and O–H groups in total. The lowest BCUT2D eigenvalue weighted by Crippen LogP contribution is -2.06. The molecule has 5 nitrogen and oxygen atoms in total. The zero-order valence-corrected chi connectivity index (χ0v) is 11.2. The first-order valence-corrected chi connectivity index (χ1v) is 6.03. The number of rotatable bonds is 4. The Labute approximate surface area is 112 Å². The molecule has 6 heteroatoms. The van der Waals surface area contributed by atoms with Crippen molar-refractivity contribution >= 4 is 27.6 Å². The normalized spacial score (nSPS) is 10.3. The Morgan fingerprint density at radius 2 is 2.33 bits per heavy atom. The second-order valence-electron chi connectivity index (χ2n) is 3.71. The number of nitrogens with zero attached hydrogens (tertiary/aromatic N) is 1. The molecule has 1 heterocycles. The Balaban J connectivity index is 2.17. The molecule has 0 fully saturated rings. The summed E-state index contributed by atoms with van der Waals surface area (Å²) in [6.45, 7) is 2.14. The van der Waals surface area contributed by atoms with Gasteiger partial charge in [0.1, 0.15) is 5.76 Å². The van der Waals surface area contributed by atoms with Gasteiger partial charge in [0, 0.05) is 4.47 Å². The average molecular weight is 311 g/mol. The van der Waals surface area contributed by atoms with Gasteiger partial charge in [0.15, 0.2) is 0 Å². The molecule has 0 aliphatic rings. The third kappa shape index (κ3) is 2.89. The van der Waals surface area contributed by atoms with Gasteiger partial charge >= 0.3 is 5.97 Å². The third-order valence-electron chi connectivity index (χ3n) is 2.31. The predicted molar refractivity (Wildman–Crippen MR) is 69.7 cm³/mol. The summed E-state index contributed by atoms with van der Waals surface area (Å²) in [6.07, 6.45) is 1.62. The van der Waals surface area contributed by atoms with E-state index in [-0.39, 0.29) is 5.56 Å². The fraction of sp³-hybridized carbons (Fsp3) is 0.167. The van der Waals surface area contributed by atoms with E-state index in [1.807, 2.05) is 0 Å². The van der Waals surface area contributed by atoms with Gasteiger partial charge in [-0.15, -0.1) is 0 Å². The highest BCUT2D eigenvalue weighted by Gasteiger charge is 2.11. The molecule has 1 aromatic heterocycles. The molecule has 0 bridgehead atoms. The van der Waals surface area contributed by atoms with Crippen molar-refractivity contribution in [2.24, 2.45) is 0 Å². The maximum Gasteiger partial charge on any atom is 0.337 e. The van der Waals surface area contributed by atoms with E-state index in [4.69, 9.17) is 9.52 Å². The molecule has 0 spiro atoms. The molecule has 0 amide bonds. The number of hydrogen-bond donors (Lipinski definition) is 2. The van der Waals surface area contributed by atoms with Gasteiger partial charge in [-0.05, 0) is 25.1 Å². The number of carbonyl (C=O) groups is 1. The molecule has 1 aromatic carbocycles. The first kappa shape index (κ1) is 12.6. The molecule has 2 aromatic rings. The van der Waals surface area contributed by atoms with E-state index in [9.17, 15) is 4.79 Å². The first-order chi connectivity index (χ1) is 8.56. The van der Waals surface area contributed by atoms with E-state index in [2.05, 4.69) is 26.2 Å². The lowest BCUT2D eigenvalue weighted by atomic mass is 10.2. The van der Waals surface area contributed by atoms with Crippen LogP contribution < -0.4 is 5.32 Å². The van der Waals surface area contributed by atoms with E-state index < -0.39 is 5.97 Å². The second kappa shape index (κ2) is 5.22. The maximum absolute atomic E-state index is 11.1. The van der Waals surface area contributed by atoms with Gasteiger partial charge in [-0.25, -0.2) is 9.78 Å². The van der Waals surface area contributed by atoms with E-state index in [1.54, 1.807) is 25.3 Å². The zero-order chi connectivity index (χ0) is 13.1. The summed E-state index contributed by atoms with van der Waals surface area (Å²) < 4.78 is 6.11. The fourth-order valence-corrected chi connectivity index (χ4v) is 1.86. The van der Waals surface area contributed by atoms with Crippen molar-refractivity contribution in [3.05, 3.63) is 46.1 Å². The highest BCUT2D eigenvalue weighted by molar-refractivity contribution is 9.10. The van der Waals surface area contributed by atoms with Crippen LogP contribution in [0.15, 0.2) is 33.3 Å². The van der Waals surface area contributed by atoms with E-state index in [0.717, 1.165) is 10.2 Å². The standard InChI is InChI=1S/C12H11BrN2O3/c1-7-5-15-11(18-7)6-14-10-4-8(13)2-3-9(10)12(16)17/h2-5,14H,6H2,1H3,(H,16,17). The number of benzene rings is 1. The van der Waals surface area contributed by atoms with Crippen LogP contribution in [-0.4, -0.2) is 16.1 Å². The quantitative estimate of drug-likeness (QED) is 0.907. The van der Waals surface area contributed by atoms with Crippen LogP contribution in [0.25, 0.3) is 0 Å². The SMILES string of the molecule is Cc1cnc(CNc2cc(Br)ccc2C(=O)O)o1. The molecule has 0 unspecified atom stereocenters. The van der Waals surface area contributed by atoms with Gasteiger partial charge in [-0.1, -0.05) is 15.9 Å². The van der Waals surface area contributed by atoms with E-state index >= 15 is 0 Å². The number of aromatic nitrogens is 1. The molecule has 18 heavy (non-hydrogen) atoms. The van der Waals surface area contributed by atoms with Crippen molar-refractivity contribution in [2.45, 2.75) is 13.5 Å². The van der Waals surface area contributed by atoms with Crippen LogP contribution in [0, 0.1) is 6.92 Å². The molecule has 94 valence electrons. The Morgan fingerprint density at radius 1 is 1.56 bits per heavy atom. The summed E-state index contributed by atoms with van der Waals surface area (Å²) in [5.74, 6) is 0.261. The lowest BCUT2D eigenvalue weighted by molar-refractivity contribution is 0.0698. The summed E-state index contributed by atoms with van der Waals surface area (Å²) in [7, 11) is 0. The van der Waals surface area contributed by atoms with Crippen LogP contribution in [0.4, 0.5) is 5.69 Å². The Kier molecular flexibility index (Phi) is 3.66. The number of carboxylic acid groups (broad SMARTS) is 1. The number of oxazole rings is 1. The number of nitrogens with one attached hydrogen (secondary N) is 1. The van der Waals surface area contributed by atoms with Crippen LogP contribution in [0.2, 0.25) is 0 Å². The number of anilines is 1. The summed E-state index contributed by atoms with van der Waals surface area (Å²) in [6, 6.07) is 4.93. The number of aromatic carboxylic acids is 1. The van der Waals surface area contributed by atoms with E-state index in [1.165, 1.54) is 6.07 Å². The maximum atomic E-state index is 11.1. The minimum Gasteiger partial charge on any atom is -0.478 e. The molecular formula is C12H11BrN2O3. The number of hydrogen-bond acceptors (Lipinski definition) is 4. The largest absolute Gasteiger partial charge is 0.478 e. The zero-order valence-electron chi connectivity index (χ0n) is 9.61. The Bertz CT molecular complexity index is 580. The van der Waals surface area contributed by atoms with Crippen molar-refractivity contribution in [3.63, 3.8) is 0 Å². The van der Waals surface area contributed by atoms with Crippen molar-refractivity contribution < 1.29 is 14.3 Å². The molecule has 0 saturated carbocycles. The summed E-state index contributed by atoms with van der Waals surface area (Å²) in [5, 5.41) is 12.1. The number of carboxylic acids is 1. The Morgan fingerprint density at radius 3 is 2.94 bits per heavy atom. The van der Waals surface area contributed by atoms with Gasteiger partial charge in [0.2, 0.25) is 5.89 Å². The molecule has 0 atom stereocenters. The van der Waals surface area contributed by atoms with Crippen LogP contribution in [0.3, 0.4) is 0 Å². The van der Waals surface area contributed by atoms with Gasteiger partial charge in [0.25, 0.3) is 0 Å². The molecule has 0 radical (unpaired) electrons. The lowest BCUT2D eigenvalue weighted by Gasteiger charge is -2.08. The van der Waals surface area contributed by atoms with Gasteiger partial charge in [-0.2, -0.15) is 0 Å². The van der Waals surface area contributed by atoms with Crippen molar-refractivity contribution in [1.29, 1.82) is 0 Å². The second-order valence-corrected chi connectivity index (χ2v) is 4.63. The highest BCUT2D eigenvalue weighted by Crippen LogP contribution is 2.22. The molecule has 0 aliphatic heterocycles. The topological polar surface area (TPSA) is 75.4 Å². The third-order valence-corrected chi connectivity index (χ3v) is 2.80. The van der Waals surface area contributed by atoms with Crippen LogP contribution in [0.5, 0.6) is 0 Å². The van der Waals surface area contributed by atoms with Crippen LogP contribution >= 0.6 is 15.9 Å². The molecule has 0 saturated heterocycles. The summed E-state index contributed by atoms with van der Waals surface area (Å²) >= 11 is 3.30. The van der Waals surface area contributed by atoms with Crippen LogP contribution in [0.1, 0.15) is 22.0 Å². The minimum atomic E-state index is -0.978. The fourth-order valence-electron chi connectivity index (χ4n) is 1.50. The summed E-state index contributed by atoms with van der Waals surface area (Å²) in [5.41, 5.74) is 0.731. The summed E-state index contributed by atoms with van der Waals surface area (Å²) in [4.78, 5) is 15.1.